The highest BCUT2D eigenvalue weighted by Gasteiger charge is 2.33. The Balaban J connectivity index is 1.80. The van der Waals surface area contributed by atoms with E-state index in [1.54, 1.807) is 0 Å². The Labute approximate surface area is 118 Å². The molecule has 3 N–H and O–H groups in total. The molecule has 2 atom stereocenters. The van der Waals surface area contributed by atoms with Gasteiger partial charge in [0.15, 0.2) is 0 Å². The van der Waals surface area contributed by atoms with Gasteiger partial charge in [0.25, 0.3) is 0 Å². The Morgan fingerprint density at radius 2 is 2.30 bits per heavy atom. The van der Waals surface area contributed by atoms with E-state index in [4.69, 9.17) is 10.5 Å². The van der Waals surface area contributed by atoms with Crippen molar-refractivity contribution in [1.29, 1.82) is 0 Å². The number of hydrogen-bond acceptors (Lipinski definition) is 3. The summed E-state index contributed by atoms with van der Waals surface area (Å²) in [6.45, 7) is 2.27. The van der Waals surface area contributed by atoms with E-state index in [0.717, 1.165) is 38.0 Å². The van der Waals surface area contributed by atoms with Crippen LogP contribution in [0.15, 0.2) is 12.1 Å². The normalized spacial score (nSPS) is 22.8. The molecule has 1 aromatic carbocycles. The summed E-state index contributed by atoms with van der Waals surface area (Å²) in [5, 5.41) is 9.99. The van der Waals surface area contributed by atoms with Gasteiger partial charge in [-0.2, -0.15) is 0 Å². The van der Waals surface area contributed by atoms with Crippen molar-refractivity contribution >= 4 is 5.91 Å². The minimum absolute atomic E-state index is 0.410. The number of carbonyl (C=O) groups is 1. The predicted molar refractivity (Wildman–Crippen MR) is 75.8 cm³/mol. The number of amides is 1. The molecule has 0 saturated heterocycles. The second-order valence-corrected chi connectivity index (χ2v) is 6.13. The maximum absolute atomic E-state index is 11.2. The third-order valence-electron chi connectivity index (χ3n) is 4.69. The van der Waals surface area contributed by atoms with Crippen LogP contribution in [0, 0.1) is 0 Å². The lowest BCUT2D eigenvalue weighted by Crippen LogP contribution is -2.41. The quantitative estimate of drug-likeness (QED) is 0.878. The highest BCUT2D eigenvalue weighted by Crippen LogP contribution is 2.44. The van der Waals surface area contributed by atoms with Crippen LogP contribution in [0.1, 0.15) is 48.8 Å². The van der Waals surface area contributed by atoms with Gasteiger partial charge in [-0.05, 0) is 55.7 Å². The molecule has 0 aromatic heterocycles. The Morgan fingerprint density at radius 3 is 3.05 bits per heavy atom. The molecule has 0 unspecified atom stereocenters. The van der Waals surface area contributed by atoms with E-state index in [9.17, 15) is 9.90 Å². The van der Waals surface area contributed by atoms with Crippen molar-refractivity contribution in [2.75, 3.05) is 6.61 Å². The summed E-state index contributed by atoms with van der Waals surface area (Å²) in [6, 6.07) is 4.23. The zero-order valence-electron chi connectivity index (χ0n) is 11.8. The SMILES string of the molecule is C[C@](O)(CC[C@@H]1CCc2ccc3c(c21)CCO3)C(N)=O. The minimum atomic E-state index is -1.41. The molecule has 20 heavy (non-hydrogen) atoms. The molecule has 0 bridgehead atoms. The Bertz CT molecular complexity index is 551. The van der Waals surface area contributed by atoms with Gasteiger partial charge in [0.05, 0.1) is 6.61 Å². The molecule has 4 nitrogen and oxygen atoms in total. The third kappa shape index (κ3) is 2.18. The number of carbonyl (C=O) groups excluding carboxylic acids is 1. The fourth-order valence-electron chi connectivity index (χ4n) is 3.42. The van der Waals surface area contributed by atoms with Gasteiger partial charge < -0.3 is 15.6 Å². The summed E-state index contributed by atoms with van der Waals surface area (Å²) in [5.41, 5.74) is 7.97. The third-order valence-corrected chi connectivity index (χ3v) is 4.69. The molecule has 1 aliphatic carbocycles. The van der Waals surface area contributed by atoms with Gasteiger partial charge in [0.1, 0.15) is 11.4 Å². The van der Waals surface area contributed by atoms with Crippen LogP contribution in [-0.4, -0.2) is 23.2 Å². The molecule has 1 aliphatic heterocycles. The fourth-order valence-corrected chi connectivity index (χ4v) is 3.42. The number of rotatable bonds is 4. The number of hydrogen-bond donors (Lipinski definition) is 2. The van der Waals surface area contributed by atoms with Crippen LogP contribution >= 0.6 is 0 Å². The van der Waals surface area contributed by atoms with Crippen LogP contribution in [0.2, 0.25) is 0 Å². The Morgan fingerprint density at radius 1 is 1.50 bits per heavy atom. The first-order chi connectivity index (χ1) is 9.49. The van der Waals surface area contributed by atoms with Crippen molar-refractivity contribution in [3.63, 3.8) is 0 Å². The van der Waals surface area contributed by atoms with Gasteiger partial charge >= 0.3 is 0 Å². The lowest BCUT2D eigenvalue weighted by molar-refractivity contribution is -0.135. The predicted octanol–water partition coefficient (Wildman–Crippen LogP) is 1.67. The zero-order chi connectivity index (χ0) is 14.3. The highest BCUT2D eigenvalue weighted by atomic mass is 16.5. The standard InChI is InChI=1S/C16H21NO3/c1-16(19,15(17)18)8-6-11-3-2-10-4-5-13-12(14(10)11)7-9-20-13/h4-5,11,19H,2-3,6-9H2,1H3,(H2,17,18)/t11-,16-/m0/s1. The number of fused-ring (bicyclic) bond motifs is 3. The summed E-state index contributed by atoms with van der Waals surface area (Å²) in [6.07, 6.45) is 4.34. The second-order valence-electron chi connectivity index (χ2n) is 6.13. The van der Waals surface area contributed by atoms with Crippen LogP contribution in [0.5, 0.6) is 5.75 Å². The molecule has 0 spiro atoms. The van der Waals surface area contributed by atoms with Crippen molar-refractivity contribution in [3.05, 3.63) is 28.8 Å². The molecule has 1 heterocycles. The average molecular weight is 275 g/mol. The summed E-state index contributed by atoms with van der Waals surface area (Å²) in [7, 11) is 0. The van der Waals surface area contributed by atoms with Crippen LogP contribution in [0.25, 0.3) is 0 Å². The van der Waals surface area contributed by atoms with E-state index in [-0.39, 0.29) is 0 Å². The van der Waals surface area contributed by atoms with E-state index in [0.29, 0.717) is 12.3 Å². The van der Waals surface area contributed by atoms with Crippen LogP contribution < -0.4 is 10.5 Å². The average Bonchev–Trinajstić information content (AvgIpc) is 3.01. The molecule has 4 heteroatoms. The fraction of sp³-hybridized carbons (Fsp3) is 0.562. The number of aryl methyl sites for hydroxylation is 1. The molecular formula is C16H21NO3. The number of nitrogens with two attached hydrogens (primary N) is 1. The summed E-state index contributed by atoms with van der Waals surface area (Å²) >= 11 is 0. The lowest BCUT2D eigenvalue weighted by atomic mass is 9.87. The molecule has 1 aromatic rings. The van der Waals surface area contributed by atoms with Crippen molar-refractivity contribution in [2.45, 2.75) is 50.5 Å². The second kappa shape index (κ2) is 4.77. The minimum Gasteiger partial charge on any atom is -0.493 e. The van der Waals surface area contributed by atoms with Gasteiger partial charge in [0.2, 0.25) is 5.91 Å². The van der Waals surface area contributed by atoms with Gasteiger partial charge in [-0.3, -0.25) is 4.79 Å². The molecule has 108 valence electrons. The maximum atomic E-state index is 11.2. The number of ether oxygens (including phenoxy) is 1. The molecule has 3 rings (SSSR count). The summed E-state index contributed by atoms with van der Waals surface area (Å²) in [4.78, 5) is 11.2. The van der Waals surface area contributed by atoms with E-state index < -0.39 is 11.5 Å². The van der Waals surface area contributed by atoms with E-state index in [1.807, 2.05) is 0 Å². The first-order valence-electron chi connectivity index (χ1n) is 7.29. The Kier molecular flexibility index (Phi) is 3.21. The molecule has 1 amide bonds. The maximum Gasteiger partial charge on any atom is 0.249 e. The van der Waals surface area contributed by atoms with Crippen molar-refractivity contribution in [3.8, 4) is 5.75 Å². The van der Waals surface area contributed by atoms with E-state index >= 15 is 0 Å². The molecule has 0 saturated carbocycles. The van der Waals surface area contributed by atoms with Crippen LogP contribution in [0.3, 0.4) is 0 Å². The molecule has 2 aliphatic rings. The molecule has 0 fully saturated rings. The smallest absolute Gasteiger partial charge is 0.249 e. The van der Waals surface area contributed by atoms with Gasteiger partial charge in [-0.25, -0.2) is 0 Å². The van der Waals surface area contributed by atoms with Gasteiger partial charge in [-0.1, -0.05) is 6.07 Å². The number of aliphatic hydroxyl groups is 1. The topological polar surface area (TPSA) is 72.6 Å². The first kappa shape index (κ1) is 13.4. The number of benzene rings is 1. The largest absolute Gasteiger partial charge is 0.493 e. The molecular weight excluding hydrogens is 254 g/mol. The van der Waals surface area contributed by atoms with Crippen molar-refractivity contribution in [1.82, 2.24) is 0 Å². The van der Waals surface area contributed by atoms with Crippen molar-refractivity contribution < 1.29 is 14.6 Å². The first-order valence-corrected chi connectivity index (χ1v) is 7.29. The number of primary amides is 1. The Hall–Kier alpha value is -1.55. The molecule has 0 radical (unpaired) electrons. The van der Waals surface area contributed by atoms with Crippen molar-refractivity contribution in [2.24, 2.45) is 5.73 Å². The zero-order valence-corrected chi connectivity index (χ0v) is 11.8. The van der Waals surface area contributed by atoms with Crippen LogP contribution in [0.4, 0.5) is 0 Å². The summed E-state index contributed by atoms with van der Waals surface area (Å²) < 4.78 is 5.63. The highest BCUT2D eigenvalue weighted by molar-refractivity contribution is 5.82. The van der Waals surface area contributed by atoms with Crippen LogP contribution in [-0.2, 0) is 17.6 Å². The van der Waals surface area contributed by atoms with Gasteiger partial charge in [0, 0.05) is 12.0 Å². The monoisotopic (exact) mass is 275 g/mol. The van der Waals surface area contributed by atoms with E-state index in [2.05, 4.69) is 12.1 Å². The summed E-state index contributed by atoms with van der Waals surface area (Å²) in [5.74, 6) is 0.780. The van der Waals surface area contributed by atoms with Gasteiger partial charge in [-0.15, -0.1) is 0 Å². The lowest BCUT2D eigenvalue weighted by Gasteiger charge is -2.22. The van der Waals surface area contributed by atoms with E-state index in [1.165, 1.54) is 23.6 Å².